The van der Waals surface area contributed by atoms with Crippen LogP contribution < -0.4 is 5.30 Å². The summed E-state index contributed by atoms with van der Waals surface area (Å²) in [5.74, 6) is 0. The molecule has 2 nitrogen and oxygen atoms in total. The molecule has 0 radical (unpaired) electrons. The average Bonchev–Trinajstić information content (AvgIpc) is 2.58. The molecule has 0 fully saturated rings. The van der Waals surface area contributed by atoms with Gasteiger partial charge in [-0.15, -0.1) is 0 Å². The van der Waals surface area contributed by atoms with Crippen LogP contribution in [-0.4, -0.2) is 66.0 Å². The van der Waals surface area contributed by atoms with Gasteiger partial charge in [0.05, 0.1) is 0 Å². The fraction of sp³-hybridized carbons (Fsp3) is 0.520. The van der Waals surface area contributed by atoms with E-state index >= 15 is 0 Å². The molecule has 0 spiro atoms. The van der Waals surface area contributed by atoms with Crippen molar-refractivity contribution in [3.63, 3.8) is 0 Å². The van der Waals surface area contributed by atoms with Crippen molar-refractivity contribution in [1.29, 1.82) is 0 Å². The SMILES string of the molecule is CN(C)CC1=CC=CC/C1=[P+](/c1ccccc1CN(C)C)[C-]([Si](C)(C)C)[Si](C)(C)C. The first-order valence-corrected chi connectivity index (χ1v) is 19.4. The average molecular weight is 459 g/mol. The van der Waals surface area contributed by atoms with Crippen molar-refractivity contribution in [2.45, 2.75) is 52.2 Å². The van der Waals surface area contributed by atoms with E-state index in [1.54, 1.807) is 16.2 Å². The highest BCUT2D eigenvalue weighted by molar-refractivity contribution is 7.76. The standard InChI is InChI=1S/C25H43N2PSi2/c1-26(2)19-21-15-11-13-17-23(21)28(25(29(5,6)7)30(8,9)10)24-18-14-12-16-22(24)20-27(3)4/h11-17H,18-20H2,1-10H3. The molecule has 1 unspecified atom stereocenters. The Labute approximate surface area is 189 Å². The Morgan fingerprint density at radius 3 is 1.97 bits per heavy atom. The molecule has 1 aromatic rings. The van der Waals surface area contributed by atoms with Crippen molar-refractivity contribution < 1.29 is 0 Å². The molecule has 0 bridgehead atoms. The highest BCUT2D eigenvalue weighted by atomic mass is 31.1. The molecule has 1 atom stereocenters. The van der Waals surface area contributed by atoms with Crippen LogP contribution in [0.1, 0.15) is 12.0 Å². The lowest BCUT2D eigenvalue weighted by molar-refractivity contribution is 0.403. The van der Waals surface area contributed by atoms with Gasteiger partial charge in [0.15, 0.2) is 0 Å². The lowest BCUT2D eigenvalue weighted by atomic mass is 10.0. The molecule has 5 heteroatoms. The van der Waals surface area contributed by atoms with Gasteiger partial charge in [-0.1, -0.05) is 96.8 Å². The lowest BCUT2D eigenvalue weighted by Gasteiger charge is -2.47. The first-order valence-electron chi connectivity index (χ1n) is 11.1. The number of nitrogens with zero attached hydrogens (tertiary/aromatic N) is 2. The Morgan fingerprint density at radius 1 is 0.867 bits per heavy atom. The molecular formula is C25H43N2PSi2. The maximum atomic E-state index is 2.58. The third kappa shape index (κ3) is 6.61. The molecule has 0 saturated heterocycles. The van der Waals surface area contributed by atoms with E-state index in [1.165, 1.54) is 5.56 Å². The molecule has 166 valence electrons. The smallest absolute Gasteiger partial charge is 0.121 e. The van der Waals surface area contributed by atoms with Crippen LogP contribution in [0.3, 0.4) is 0 Å². The largest absolute Gasteiger partial charge is 0.305 e. The van der Waals surface area contributed by atoms with Crippen LogP contribution in [0.15, 0.2) is 48.1 Å². The summed E-state index contributed by atoms with van der Waals surface area (Å²) in [7, 11) is 5.36. The normalized spacial score (nSPS) is 17.2. The summed E-state index contributed by atoms with van der Waals surface area (Å²) in [6.45, 7) is 17.5. The molecular weight excluding hydrogens is 415 g/mol. The van der Waals surface area contributed by atoms with E-state index in [1.807, 2.05) is 4.91 Å². The quantitative estimate of drug-likeness (QED) is 0.277. The zero-order valence-corrected chi connectivity index (χ0v) is 23.9. The van der Waals surface area contributed by atoms with E-state index < -0.39 is 23.7 Å². The van der Waals surface area contributed by atoms with Crippen molar-refractivity contribution in [2.24, 2.45) is 0 Å². The summed E-state index contributed by atoms with van der Waals surface area (Å²) in [5, 5.41) is 3.31. The minimum atomic E-state index is -1.48. The van der Waals surface area contributed by atoms with Gasteiger partial charge in [-0.3, -0.25) is 0 Å². The highest BCUT2D eigenvalue weighted by Gasteiger charge is 2.38. The fourth-order valence-electron chi connectivity index (χ4n) is 4.71. The predicted octanol–water partition coefficient (Wildman–Crippen LogP) is 5.76. The number of allylic oxidation sites excluding steroid dienone is 3. The molecule has 1 aromatic carbocycles. The molecule has 0 heterocycles. The lowest BCUT2D eigenvalue weighted by Crippen LogP contribution is -2.47. The summed E-state index contributed by atoms with van der Waals surface area (Å²) in [6.07, 6.45) is 8.13. The van der Waals surface area contributed by atoms with Gasteiger partial charge in [0.1, 0.15) is 10.6 Å². The first-order chi connectivity index (χ1) is 13.8. The number of rotatable bonds is 8. The van der Waals surface area contributed by atoms with E-state index in [0.29, 0.717) is 0 Å². The fourth-order valence-corrected chi connectivity index (χ4v) is 22.8. The van der Waals surface area contributed by atoms with E-state index in [9.17, 15) is 0 Å². The zero-order chi connectivity index (χ0) is 22.7. The van der Waals surface area contributed by atoms with Gasteiger partial charge >= 0.3 is 0 Å². The minimum absolute atomic E-state index is 0.451. The highest BCUT2D eigenvalue weighted by Crippen LogP contribution is 2.51. The second-order valence-electron chi connectivity index (χ2n) is 11.1. The predicted molar refractivity (Wildman–Crippen MR) is 146 cm³/mol. The maximum Gasteiger partial charge on any atom is 0.121 e. The van der Waals surface area contributed by atoms with E-state index in [-0.39, 0.29) is 0 Å². The van der Waals surface area contributed by atoms with Crippen LogP contribution in [-0.2, 0) is 6.54 Å². The van der Waals surface area contributed by atoms with Crippen LogP contribution >= 0.6 is 7.55 Å². The molecule has 1 aliphatic carbocycles. The second-order valence-corrected chi connectivity index (χ2v) is 24.5. The van der Waals surface area contributed by atoms with Crippen LogP contribution in [0.5, 0.6) is 0 Å². The molecule has 2 rings (SSSR count). The molecule has 0 saturated carbocycles. The van der Waals surface area contributed by atoms with Crippen LogP contribution in [0.25, 0.3) is 0 Å². The van der Waals surface area contributed by atoms with Gasteiger partial charge in [0.2, 0.25) is 0 Å². The summed E-state index contributed by atoms with van der Waals surface area (Å²) in [6, 6.07) is 9.31. The summed E-state index contributed by atoms with van der Waals surface area (Å²) in [5.41, 5.74) is 3.05. The molecule has 1 aliphatic rings. The number of likely N-dealkylation sites (N-methyl/N-ethyl adjacent to an activating group) is 1. The van der Waals surface area contributed by atoms with Crippen LogP contribution in [0, 0.1) is 4.91 Å². The number of benzene rings is 1. The second kappa shape index (κ2) is 10.2. The maximum absolute atomic E-state index is 2.58. The van der Waals surface area contributed by atoms with Gasteiger partial charge in [-0.05, 0) is 41.8 Å². The molecule has 30 heavy (non-hydrogen) atoms. The Hall–Kier alpha value is -0.776. The topological polar surface area (TPSA) is 6.48 Å². The van der Waals surface area contributed by atoms with Gasteiger partial charge in [-0.25, -0.2) is 0 Å². The molecule has 0 N–H and O–H groups in total. The van der Waals surface area contributed by atoms with Crippen molar-refractivity contribution in [2.75, 3.05) is 34.7 Å². The van der Waals surface area contributed by atoms with E-state index in [0.717, 1.165) is 19.5 Å². The zero-order valence-electron chi connectivity index (χ0n) is 21.0. The monoisotopic (exact) mass is 458 g/mol. The third-order valence-electron chi connectivity index (χ3n) is 5.24. The van der Waals surface area contributed by atoms with E-state index in [4.69, 9.17) is 0 Å². The summed E-state index contributed by atoms with van der Waals surface area (Å²) in [4.78, 5) is 6.61. The third-order valence-corrected chi connectivity index (χ3v) is 20.3. The summed E-state index contributed by atoms with van der Waals surface area (Å²) >= 11 is 0. The van der Waals surface area contributed by atoms with Crippen LogP contribution in [0.2, 0.25) is 39.3 Å². The van der Waals surface area contributed by atoms with Crippen LogP contribution in [0.4, 0.5) is 0 Å². The Kier molecular flexibility index (Phi) is 8.69. The Morgan fingerprint density at radius 2 is 1.43 bits per heavy atom. The molecule has 0 aliphatic heterocycles. The molecule has 0 amide bonds. The van der Waals surface area contributed by atoms with Crippen molar-refractivity contribution in [1.82, 2.24) is 9.80 Å². The van der Waals surface area contributed by atoms with Gasteiger partial charge in [0.25, 0.3) is 0 Å². The van der Waals surface area contributed by atoms with E-state index in [2.05, 4.69) is 120 Å². The van der Waals surface area contributed by atoms with Crippen molar-refractivity contribution >= 4 is 34.3 Å². The van der Waals surface area contributed by atoms with Gasteiger partial charge < -0.3 is 9.80 Å². The minimum Gasteiger partial charge on any atom is -0.305 e. The Balaban J connectivity index is 2.87. The Bertz CT molecular complexity index is 810. The first kappa shape index (κ1) is 25.5. The van der Waals surface area contributed by atoms with Gasteiger partial charge in [0, 0.05) is 30.6 Å². The van der Waals surface area contributed by atoms with Crippen molar-refractivity contribution in [3.05, 3.63) is 58.5 Å². The van der Waals surface area contributed by atoms with Gasteiger partial charge in [-0.2, -0.15) is 0 Å². The number of hydrogen-bond acceptors (Lipinski definition) is 2. The molecule has 0 aromatic heterocycles. The number of hydrogen-bond donors (Lipinski definition) is 0. The van der Waals surface area contributed by atoms with Crippen molar-refractivity contribution in [3.8, 4) is 0 Å². The summed E-state index contributed by atoms with van der Waals surface area (Å²) < 4.78 is 0.